The Balaban J connectivity index is 1.22. The summed E-state index contributed by atoms with van der Waals surface area (Å²) in [5.74, 6) is 0.857. The summed E-state index contributed by atoms with van der Waals surface area (Å²) in [7, 11) is 0. The lowest BCUT2D eigenvalue weighted by molar-refractivity contribution is 0.882. The molecule has 50 heavy (non-hydrogen) atoms. The van der Waals surface area contributed by atoms with Gasteiger partial charge in [-0.15, -0.1) is 0 Å². The Bertz CT molecular complexity index is 2540. The van der Waals surface area contributed by atoms with E-state index >= 15 is 0 Å². The standard InChI is InChI=1S/C47H33N3/c1-5-14-32(15-6-1)37-22-13-23-38(28-37)44-31-45(50-47(49-44)36-20-11-4-12-21-36)39-25-24-34-26-27-42-46(40(34)29-39)41(33-16-7-2-8-17-33)30-43(48-42)35-18-9-3-10-19-35/h1-31,45H,(H,49,50). The van der Waals surface area contributed by atoms with E-state index in [1.54, 1.807) is 0 Å². The van der Waals surface area contributed by atoms with Gasteiger partial charge in [-0.3, -0.25) is 4.99 Å². The SMILES string of the molecule is C1=C(c2cccc(-c3ccccc3)c2)NC(c2ccccc2)=NC1c1ccc2ccc3nc(-c4ccccc4)cc(-c4ccccc4)c3c2c1. The number of benzene rings is 7. The third-order valence-electron chi connectivity index (χ3n) is 9.48. The topological polar surface area (TPSA) is 37.3 Å². The predicted octanol–water partition coefficient (Wildman–Crippen LogP) is 11.5. The fourth-order valence-corrected chi connectivity index (χ4v) is 6.97. The van der Waals surface area contributed by atoms with E-state index in [-0.39, 0.29) is 6.04 Å². The van der Waals surface area contributed by atoms with Crippen LogP contribution in [0.1, 0.15) is 22.7 Å². The number of amidine groups is 1. The average molecular weight is 640 g/mol. The fourth-order valence-electron chi connectivity index (χ4n) is 6.97. The van der Waals surface area contributed by atoms with Gasteiger partial charge in [0.1, 0.15) is 5.84 Å². The number of pyridine rings is 1. The number of nitrogens with zero attached hydrogens (tertiary/aromatic N) is 2. The number of hydrogen-bond donors (Lipinski definition) is 1. The molecule has 1 aliphatic rings. The van der Waals surface area contributed by atoms with Gasteiger partial charge in [0.25, 0.3) is 0 Å². The zero-order valence-electron chi connectivity index (χ0n) is 27.4. The summed E-state index contributed by atoms with van der Waals surface area (Å²) in [4.78, 5) is 10.5. The second kappa shape index (κ2) is 12.8. The van der Waals surface area contributed by atoms with Crippen LogP contribution < -0.4 is 5.32 Å². The molecule has 8 aromatic rings. The second-order valence-electron chi connectivity index (χ2n) is 12.7. The Labute approximate surface area is 292 Å². The minimum Gasteiger partial charge on any atom is -0.340 e. The lowest BCUT2D eigenvalue weighted by Gasteiger charge is -2.24. The number of nitrogens with one attached hydrogen (secondary N) is 1. The van der Waals surface area contributed by atoms with Crippen molar-refractivity contribution >= 4 is 33.2 Å². The largest absolute Gasteiger partial charge is 0.340 e. The molecule has 0 bridgehead atoms. The highest BCUT2D eigenvalue weighted by Gasteiger charge is 2.21. The molecule has 0 saturated carbocycles. The zero-order valence-corrected chi connectivity index (χ0v) is 27.4. The Morgan fingerprint density at radius 2 is 1.06 bits per heavy atom. The molecule has 3 heteroatoms. The van der Waals surface area contributed by atoms with Crippen molar-refractivity contribution in [2.45, 2.75) is 6.04 Å². The first-order valence-corrected chi connectivity index (χ1v) is 17.0. The van der Waals surface area contributed by atoms with Crippen LogP contribution in [0.5, 0.6) is 0 Å². The lowest BCUT2D eigenvalue weighted by atomic mass is 9.92. The van der Waals surface area contributed by atoms with E-state index in [1.165, 1.54) is 33.0 Å². The van der Waals surface area contributed by atoms with E-state index in [9.17, 15) is 0 Å². The molecular formula is C47H33N3. The first-order valence-electron chi connectivity index (χ1n) is 17.0. The highest BCUT2D eigenvalue weighted by molar-refractivity contribution is 6.14. The maximum atomic E-state index is 5.31. The Morgan fingerprint density at radius 1 is 0.460 bits per heavy atom. The van der Waals surface area contributed by atoms with Crippen LogP contribution >= 0.6 is 0 Å². The quantitative estimate of drug-likeness (QED) is 0.184. The van der Waals surface area contributed by atoms with Crippen molar-refractivity contribution in [1.29, 1.82) is 0 Å². The van der Waals surface area contributed by atoms with E-state index in [4.69, 9.17) is 9.98 Å². The first kappa shape index (κ1) is 29.6. The average Bonchev–Trinajstić information content (AvgIpc) is 3.21. The normalized spacial score (nSPS) is 14.2. The number of aliphatic imine (C=N–C) groups is 1. The molecule has 236 valence electrons. The summed E-state index contributed by atoms with van der Waals surface area (Å²) < 4.78 is 0. The summed E-state index contributed by atoms with van der Waals surface area (Å²) in [5, 5.41) is 7.18. The van der Waals surface area contributed by atoms with Crippen LogP contribution in [0.2, 0.25) is 0 Å². The molecule has 1 unspecified atom stereocenters. The van der Waals surface area contributed by atoms with Crippen molar-refractivity contribution in [2.75, 3.05) is 0 Å². The van der Waals surface area contributed by atoms with E-state index in [0.717, 1.165) is 50.4 Å². The van der Waals surface area contributed by atoms with Gasteiger partial charge in [0, 0.05) is 22.2 Å². The van der Waals surface area contributed by atoms with Crippen LogP contribution in [0.15, 0.2) is 193 Å². The van der Waals surface area contributed by atoms with Crippen LogP contribution in [-0.4, -0.2) is 10.8 Å². The van der Waals surface area contributed by atoms with Gasteiger partial charge in [0.2, 0.25) is 0 Å². The Hall–Kier alpha value is -6.58. The van der Waals surface area contributed by atoms with Crippen molar-refractivity contribution in [3.05, 3.63) is 205 Å². The Morgan fingerprint density at radius 3 is 1.78 bits per heavy atom. The lowest BCUT2D eigenvalue weighted by Crippen LogP contribution is -2.27. The maximum absolute atomic E-state index is 5.31. The molecule has 7 aromatic carbocycles. The van der Waals surface area contributed by atoms with Crippen molar-refractivity contribution in [2.24, 2.45) is 4.99 Å². The summed E-state index contributed by atoms with van der Waals surface area (Å²) >= 11 is 0. The Kier molecular flexibility index (Phi) is 7.56. The van der Waals surface area contributed by atoms with Crippen LogP contribution in [0.4, 0.5) is 0 Å². The van der Waals surface area contributed by atoms with Crippen LogP contribution in [0.25, 0.3) is 60.9 Å². The van der Waals surface area contributed by atoms with E-state index in [2.05, 4.69) is 181 Å². The van der Waals surface area contributed by atoms with Crippen molar-refractivity contribution < 1.29 is 0 Å². The fraction of sp³-hybridized carbons (Fsp3) is 0.0213. The van der Waals surface area contributed by atoms with Crippen LogP contribution in [0.3, 0.4) is 0 Å². The van der Waals surface area contributed by atoms with Gasteiger partial charge < -0.3 is 5.32 Å². The van der Waals surface area contributed by atoms with Gasteiger partial charge in [-0.25, -0.2) is 4.98 Å². The molecule has 9 rings (SSSR count). The molecule has 0 saturated heterocycles. The predicted molar refractivity (Wildman–Crippen MR) is 209 cm³/mol. The highest BCUT2D eigenvalue weighted by Crippen LogP contribution is 2.39. The van der Waals surface area contributed by atoms with Gasteiger partial charge in [0.05, 0.1) is 17.3 Å². The zero-order chi connectivity index (χ0) is 33.3. The third-order valence-corrected chi connectivity index (χ3v) is 9.48. The van der Waals surface area contributed by atoms with E-state index < -0.39 is 0 Å². The molecule has 0 amide bonds. The smallest absolute Gasteiger partial charge is 0.133 e. The molecule has 0 fully saturated rings. The van der Waals surface area contributed by atoms with Crippen LogP contribution in [-0.2, 0) is 0 Å². The molecule has 0 radical (unpaired) electrons. The van der Waals surface area contributed by atoms with E-state index in [1.807, 2.05) is 12.1 Å². The summed E-state index contributed by atoms with van der Waals surface area (Å²) in [6, 6.07) is 63.9. The van der Waals surface area contributed by atoms with Gasteiger partial charge in [-0.2, -0.15) is 0 Å². The van der Waals surface area contributed by atoms with Crippen molar-refractivity contribution in [1.82, 2.24) is 10.3 Å². The molecule has 0 spiro atoms. The van der Waals surface area contributed by atoms with Crippen molar-refractivity contribution in [3.63, 3.8) is 0 Å². The highest BCUT2D eigenvalue weighted by atomic mass is 15.0. The minimum atomic E-state index is -0.196. The molecule has 0 aliphatic carbocycles. The van der Waals surface area contributed by atoms with Gasteiger partial charge >= 0.3 is 0 Å². The molecule has 1 atom stereocenters. The number of aromatic nitrogens is 1. The van der Waals surface area contributed by atoms with Crippen LogP contribution in [0, 0.1) is 0 Å². The second-order valence-corrected chi connectivity index (χ2v) is 12.7. The number of rotatable bonds is 6. The maximum Gasteiger partial charge on any atom is 0.133 e. The monoisotopic (exact) mass is 639 g/mol. The number of hydrogen-bond acceptors (Lipinski definition) is 3. The molecule has 3 nitrogen and oxygen atoms in total. The molecular weight excluding hydrogens is 607 g/mol. The minimum absolute atomic E-state index is 0.196. The molecule has 1 aromatic heterocycles. The van der Waals surface area contributed by atoms with E-state index in [0.29, 0.717) is 0 Å². The molecule has 1 aliphatic heterocycles. The summed E-state index contributed by atoms with van der Waals surface area (Å²) in [6.07, 6.45) is 2.26. The molecule has 1 N–H and O–H groups in total. The van der Waals surface area contributed by atoms with Gasteiger partial charge in [-0.05, 0) is 74.5 Å². The summed E-state index contributed by atoms with van der Waals surface area (Å²) in [6.45, 7) is 0. The number of fused-ring (bicyclic) bond motifs is 3. The first-order chi connectivity index (χ1) is 24.8. The van der Waals surface area contributed by atoms with Gasteiger partial charge in [-0.1, -0.05) is 158 Å². The van der Waals surface area contributed by atoms with Crippen molar-refractivity contribution in [3.8, 4) is 33.5 Å². The van der Waals surface area contributed by atoms with Gasteiger partial charge in [0.15, 0.2) is 0 Å². The summed E-state index contributed by atoms with van der Waals surface area (Å²) in [5.41, 5.74) is 12.1. The third kappa shape index (κ3) is 5.65. The molecule has 2 heterocycles.